The zero-order valence-corrected chi connectivity index (χ0v) is 13.6. The zero-order valence-electron chi connectivity index (χ0n) is 13.6. The Bertz CT molecular complexity index is 773. The molecule has 0 radical (unpaired) electrons. The molecule has 0 saturated heterocycles. The summed E-state index contributed by atoms with van der Waals surface area (Å²) in [5, 5.41) is 0. The molecule has 0 bridgehead atoms. The summed E-state index contributed by atoms with van der Waals surface area (Å²) in [5.41, 5.74) is 7.72. The Labute approximate surface area is 141 Å². The highest BCUT2D eigenvalue weighted by atomic mass is 16.5. The fraction of sp³-hybridized carbons (Fsp3) is 0.263. The third kappa shape index (κ3) is 3.11. The number of carbonyl (C=O) groups excluding carboxylic acids is 2. The van der Waals surface area contributed by atoms with Crippen molar-refractivity contribution in [1.82, 2.24) is 0 Å². The molecule has 0 unspecified atom stereocenters. The van der Waals surface area contributed by atoms with Gasteiger partial charge in [0.05, 0.1) is 5.56 Å². The van der Waals surface area contributed by atoms with Gasteiger partial charge >= 0.3 is 0 Å². The van der Waals surface area contributed by atoms with Gasteiger partial charge in [0.25, 0.3) is 11.8 Å². The maximum atomic E-state index is 12.7. The van der Waals surface area contributed by atoms with Crippen LogP contribution in [0.4, 0.5) is 5.69 Å². The van der Waals surface area contributed by atoms with Crippen LogP contribution in [0.5, 0.6) is 5.75 Å². The number of benzene rings is 2. The van der Waals surface area contributed by atoms with E-state index < -0.39 is 5.91 Å². The van der Waals surface area contributed by atoms with Gasteiger partial charge in [-0.25, -0.2) is 0 Å². The van der Waals surface area contributed by atoms with Crippen LogP contribution in [-0.4, -0.2) is 24.5 Å². The zero-order chi connectivity index (χ0) is 17.1. The van der Waals surface area contributed by atoms with Crippen molar-refractivity contribution in [2.24, 2.45) is 5.73 Å². The van der Waals surface area contributed by atoms with Crippen molar-refractivity contribution >= 4 is 17.5 Å². The number of ether oxygens (including phenoxy) is 1. The fourth-order valence-corrected chi connectivity index (χ4v) is 3.07. The summed E-state index contributed by atoms with van der Waals surface area (Å²) in [7, 11) is 0. The second-order valence-electron chi connectivity index (χ2n) is 5.93. The maximum absolute atomic E-state index is 12.7. The number of para-hydroxylation sites is 2. The second kappa shape index (κ2) is 6.74. The molecule has 0 fully saturated rings. The highest BCUT2D eigenvalue weighted by Gasteiger charge is 2.28. The molecule has 24 heavy (non-hydrogen) atoms. The number of fused-ring (bicyclic) bond motifs is 1. The summed E-state index contributed by atoms with van der Waals surface area (Å²) in [5.74, 6) is -0.375. The van der Waals surface area contributed by atoms with Gasteiger partial charge in [-0.3, -0.25) is 9.59 Å². The Balaban J connectivity index is 1.78. The molecule has 1 atom stereocenters. The summed E-state index contributed by atoms with van der Waals surface area (Å²) in [6.07, 6.45) is 1.88. The van der Waals surface area contributed by atoms with Crippen molar-refractivity contribution in [2.45, 2.75) is 25.8 Å². The van der Waals surface area contributed by atoms with Crippen molar-refractivity contribution in [3.63, 3.8) is 0 Å². The van der Waals surface area contributed by atoms with Crippen LogP contribution in [0.1, 0.15) is 29.3 Å². The molecule has 1 aliphatic heterocycles. The van der Waals surface area contributed by atoms with E-state index in [1.54, 1.807) is 29.2 Å². The lowest BCUT2D eigenvalue weighted by molar-refractivity contribution is -0.121. The molecular weight excluding hydrogens is 304 g/mol. The lowest BCUT2D eigenvalue weighted by Gasteiger charge is -2.35. The van der Waals surface area contributed by atoms with Gasteiger partial charge in [-0.15, -0.1) is 0 Å². The second-order valence-corrected chi connectivity index (χ2v) is 5.93. The minimum atomic E-state index is -0.574. The molecule has 0 aromatic heterocycles. The number of hydrogen-bond acceptors (Lipinski definition) is 3. The lowest BCUT2D eigenvalue weighted by Crippen LogP contribution is -2.44. The van der Waals surface area contributed by atoms with Crippen LogP contribution in [0, 0.1) is 0 Å². The van der Waals surface area contributed by atoms with Crippen molar-refractivity contribution in [3.05, 3.63) is 59.7 Å². The Morgan fingerprint density at radius 1 is 1.17 bits per heavy atom. The monoisotopic (exact) mass is 324 g/mol. The minimum Gasteiger partial charge on any atom is -0.483 e. The highest BCUT2D eigenvalue weighted by molar-refractivity contribution is 5.97. The molecule has 0 spiro atoms. The van der Waals surface area contributed by atoms with E-state index >= 15 is 0 Å². The summed E-state index contributed by atoms with van der Waals surface area (Å²) >= 11 is 0. The van der Waals surface area contributed by atoms with E-state index in [4.69, 9.17) is 10.5 Å². The molecular formula is C19H20N2O3. The van der Waals surface area contributed by atoms with Crippen LogP contribution >= 0.6 is 0 Å². The molecule has 1 heterocycles. The number of nitrogens with zero attached hydrogens (tertiary/aromatic N) is 1. The summed E-state index contributed by atoms with van der Waals surface area (Å²) < 4.78 is 5.58. The van der Waals surface area contributed by atoms with E-state index in [0.717, 1.165) is 18.5 Å². The largest absolute Gasteiger partial charge is 0.483 e. The van der Waals surface area contributed by atoms with Crippen LogP contribution in [0.2, 0.25) is 0 Å². The molecule has 2 amide bonds. The van der Waals surface area contributed by atoms with Gasteiger partial charge in [-0.2, -0.15) is 0 Å². The molecule has 2 aromatic rings. The van der Waals surface area contributed by atoms with Gasteiger partial charge in [0.15, 0.2) is 6.61 Å². The average molecular weight is 324 g/mol. The van der Waals surface area contributed by atoms with Crippen molar-refractivity contribution in [2.75, 3.05) is 11.5 Å². The first kappa shape index (κ1) is 16.1. The van der Waals surface area contributed by atoms with E-state index in [1.165, 1.54) is 5.56 Å². The molecule has 0 aliphatic carbocycles. The number of amides is 2. The minimum absolute atomic E-state index is 0.113. The maximum Gasteiger partial charge on any atom is 0.265 e. The number of carbonyl (C=O) groups is 2. The van der Waals surface area contributed by atoms with Gasteiger partial charge in [-0.05, 0) is 43.5 Å². The SMILES string of the molecule is C[C@@H]1CCc2ccccc2N1C(=O)COc1ccccc1C(N)=O. The number of aryl methyl sites for hydroxylation is 1. The molecule has 5 heteroatoms. The van der Waals surface area contributed by atoms with Crippen molar-refractivity contribution in [3.8, 4) is 5.75 Å². The molecule has 124 valence electrons. The van der Waals surface area contributed by atoms with Gasteiger partial charge in [0.1, 0.15) is 5.75 Å². The number of primary amides is 1. The topological polar surface area (TPSA) is 72.6 Å². The summed E-state index contributed by atoms with van der Waals surface area (Å²) in [6, 6.07) is 14.7. The Kier molecular flexibility index (Phi) is 4.51. The highest BCUT2D eigenvalue weighted by Crippen LogP contribution is 2.30. The standard InChI is InChI=1S/C19H20N2O3/c1-13-10-11-14-6-2-4-8-16(14)21(13)18(22)12-24-17-9-5-3-7-15(17)19(20)23/h2-9,13H,10-12H2,1H3,(H2,20,23)/t13-/m1/s1. The third-order valence-corrected chi connectivity index (χ3v) is 4.30. The third-order valence-electron chi connectivity index (χ3n) is 4.30. The first-order valence-electron chi connectivity index (χ1n) is 7.99. The van der Waals surface area contributed by atoms with Crippen LogP contribution < -0.4 is 15.4 Å². The Morgan fingerprint density at radius 2 is 1.88 bits per heavy atom. The number of nitrogens with two attached hydrogens (primary N) is 1. The summed E-state index contributed by atoms with van der Waals surface area (Å²) in [4.78, 5) is 25.9. The van der Waals surface area contributed by atoms with Crippen LogP contribution in [-0.2, 0) is 11.2 Å². The van der Waals surface area contributed by atoms with E-state index in [1.807, 2.05) is 31.2 Å². The molecule has 2 aromatic carbocycles. The predicted octanol–water partition coefficient (Wildman–Crippen LogP) is 2.53. The average Bonchev–Trinajstić information content (AvgIpc) is 2.59. The van der Waals surface area contributed by atoms with Crippen molar-refractivity contribution in [1.29, 1.82) is 0 Å². The summed E-state index contributed by atoms with van der Waals surface area (Å²) in [6.45, 7) is 1.90. The molecule has 0 saturated carbocycles. The van der Waals surface area contributed by atoms with Gasteiger partial charge in [0.2, 0.25) is 0 Å². The Morgan fingerprint density at radius 3 is 2.67 bits per heavy atom. The van der Waals surface area contributed by atoms with Crippen LogP contribution in [0.15, 0.2) is 48.5 Å². The van der Waals surface area contributed by atoms with Gasteiger partial charge in [-0.1, -0.05) is 30.3 Å². The quantitative estimate of drug-likeness (QED) is 0.939. The van der Waals surface area contributed by atoms with Crippen molar-refractivity contribution < 1.29 is 14.3 Å². The van der Waals surface area contributed by atoms with E-state index in [0.29, 0.717) is 5.75 Å². The predicted molar refractivity (Wildman–Crippen MR) is 92.2 cm³/mol. The number of anilines is 1. The molecule has 2 N–H and O–H groups in total. The normalized spacial score (nSPS) is 16.4. The smallest absolute Gasteiger partial charge is 0.265 e. The fourth-order valence-electron chi connectivity index (χ4n) is 3.07. The van der Waals surface area contributed by atoms with Gasteiger partial charge in [0, 0.05) is 11.7 Å². The molecule has 3 rings (SSSR count). The first-order valence-corrected chi connectivity index (χ1v) is 7.99. The Hall–Kier alpha value is -2.82. The van der Waals surface area contributed by atoms with Crippen LogP contribution in [0.3, 0.4) is 0 Å². The van der Waals surface area contributed by atoms with Crippen LogP contribution in [0.25, 0.3) is 0 Å². The molecule has 1 aliphatic rings. The van der Waals surface area contributed by atoms with E-state index in [2.05, 4.69) is 0 Å². The number of hydrogen-bond donors (Lipinski definition) is 1. The number of rotatable bonds is 4. The van der Waals surface area contributed by atoms with E-state index in [-0.39, 0.29) is 24.1 Å². The first-order chi connectivity index (χ1) is 11.6. The van der Waals surface area contributed by atoms with E-state index in [9.17, 15) is 9.59 Å². The lowest BCUT2D eigenvalue weighted by atomic mass is 9.96. The molecule has 5 nitrogen and oxygen atoms in total. The van der Waals surface area contributed by atoms with Gasteiger partial charge < -0.3 is 15.4 Å².